The van der Waals surface area contributed by atoms with Gasteiger partial charge in [-0.1, -0.05) is 18.2 Å². The van der Waals surface area contributed by atoms with Crippen LogP contribution in [0.15, 0.2) is 53.6 Å². The summed E-state index contributed by atoms with van der Waals surface area (Å²) in [5, 5.41) is 20.3. The third-order valence-corrected chi connectivity index (χ3v) is 3.50. The molecular weight excluding hydrogens is 315 g/mol. The lowest BCUT2D eigenvalue weighted by Gasteiger charge is -2.02. The van der Waals surface area contributed by atoms with Gasteiger partial charge in [-0.3, -0.25) is 5.10 Å². The second-order valence-corrected chi connectivity index (χ2v) is 5.25. The van der Waals surface area contributed by atoms with Crippen LogP contribution in [0.5, 0.6) is 5.75 Å². The van der Waals surface area contributed by atoms with Crippen LogP contribution in [0, 0.1) is 10.6 Å². The summed E-state index contributed by atoms with van der Waals surface area (Å²) in [5.74, 6) is 0.396. The van der Waals surface area contributed by atoms with Gasteiger partial charge in [-0.2, -0.15) is 14.9 Å². The molecule has 0 bridgehead atoms. The molecule has 0 saturated carbocycles. The van der Waals surface area contributed by atoms with Crippen LogP contribution in [-0.2, 0) is 6.42 Å². The molecule has 0 atom stereocenters. The van der Waals surface area contributed by atoms with E-state index >= 15 is 0 Å². The smallest absolute Gasteiger partial charge is 0.216 e. The Hall–Kier alpha value is -2.80. The van der Waals surface area contributed by atoms with E-state index in [4.69, 9.17) is 12.2 Å². The zero-order valence-electron chi connectivity index (χ0n) is 12.0. The van der Waals surface area contributed by atoms with Crippen molar-refractivity contribution in [3.63, 3.8) is 0 Å². The van der Waals surface area contributed by atoms with E-state index in [-0.39, 0.29) is 18.0 Å². The fourth-order valence-electron chi connectivity index (χ4n) is 2.05. The van der Waals surface area contributed by atoms with Crippen LogP contribution in [-0.4, -0.2) is 26.2 Å². The van der Waals surface area contributed by atoms with E-state index in [2.05, 4.69) is 15.3 Å². The molecule has 23 heavy (non-hydrogen) atoms. The number of hydrogen-bond acceptors (Lipinski definition) is 4. The molecule has 3 aromatic rings. The second-order valence-electron chi connectivity index (χ2n) is 4.86. The predicted octanol–water partition coefficient (Wildman–Crippen LogP) is 3.26. The minimum Gasteiger partial charge on any atom is -0.508 e. The monoisotopic (exact) mass is 328 g/mol. The van der Waals surface area contributed by atoms with E-state index in [9.17, 15) is 9.50 Å². The SMILES string of the molecule is Oc1ccc(/C=N/n2c(Cc3ccccc3F)n[nH]c2=S)cc1. The zero-order valence-corrected chi connectivity index (χ0v) is 12.8. The second kappa shape index (κ2) is 6.53. The van der Waals surface area contributed by atoms with E-state index in [0.29, 0.717) is 16.2 Å². The fourth-order valence-corrected chi connectivity index (χ4v) is 2.25. The molecule has 0 radical (unpaired) electrons. The van der Waals surface area contributed by atoms with Gasteiger partial charge in [0.2, 0.25) is 4.77 Å². The number of nitrogens with one attached hydrogen (secondary N) is 1. The van der Waals surface area contributed by atoms with Crippen LogP contribution in [0.3, 0.4) is 0 Å². The van der Waals surface area contributed by atoms with Crippen molar-refractivity contribution in [2.75, 3.05) is 0 Å². The highest BCUT2D eigenvalue weighted by Gasteiger charge is 2.09. The Labute approximate surface area is 136 Å². The van der Waals surface area contributed by atoms with Gasteiger partial charge >= 0.3 is 0 Å². The molecule has 0 aliphatic carbocycles. The van der Waals surface area contributed by atoms with Crippen LogP contribution in [0.1, 0.15) is 17.0 Å². The highest BCUT2D eigenvalue weighted by Crippen LogP contribution is 2.12. The van der Waals surface area contributed by atoms with Crippen molar-refractivity contribution >= 4 is 18.4 Å². The number of nitrogens with zero attached hydrogens (tertiary/aromatic N) is 3. The van der Waals surface area contributed by atoms with Gasteiger partial charge in [0.05, 0.1) is 6.21 Å². The minimum atomic E-state index is -0.296. The number of aromatic hydroxyl groups is 1. The van der Waals surface area contributed by atoms with Gasteiger partial charge in [-0.15, -0.1) is 0 Å². The molecule has 0 unspecified atom stereocenters. The summed E-state index contributed by atoms with van der Waals surface area (Å²) in [6, 6.07) is 13.1. The number of aromatic amines is 1. The molecule has 2 aromatic carbocycles. The summed E-state index contributed by atoms with van der Waals surface area (Å²) < 4.78 is 15.5. The first kappa shape index (κ1) is 15.1. The third kappa shape index (κ3) is 3.51. The van der Waals surface area contributed by atoms with Crippen molar-refractivity contribution in [1.29, 1.82) is 0 Å². The molecule has 3 rings (SSSR count). The Kier molecular flexibility index (Phi) is 4.29. The minimum absolute atomic E-state index is 0.183. The van der Waals surface area contributed by atoms with Gasteiger partial charge in [-0.25, -0.2) is 4.39 Å². The van der Waals surface area contributed by atoms with Gasteiger partial charge in [-0.05, 0) is 53.7 Å². The predicted molar refractivity (Wildman–Crippen MR) is 87.7 cm³/mol. The molecule has 2 N–H and O–H groups in total. The Morgan fingerprint density at radius 3 is 2.70 bits per heavy atom. The lowest BCUT2D eigenvalue weighted by Crippen LogP contribution is -2.02. The molecule has 0 aliphatic rings. The van der Waals surface area contributed by atoms with E-state index in [0.717, 1.165) is 5.56 Å². The van der Waals surface area contributed by atoms with Crippen LogP contribution in [0.25, 0.3) is 0 Å². The largest absolute Gasteiger partial charge is 0.508 e. The lowest BCUT2D eigenvalue weighted by atomic mass is 10.1. The van der Waals surface area contributed by atoms with Crippen LogP contribution in [0.4, 0.5) is 4.39 Å². The topological polar surface area (TPSA) is 66.2 Å². The highest BCUT2D eigenvalue weighted by atomic mass is 32.1. The number of phenolic OH excluding ortho intramolecular Hbond substituents is 1. The first-order chi connectivity index (χ1) is 11.1. The molecule has 116 valence electrons. The Balaban J connectivity index is 1.88. The number of hydrogen-bond donors (Lipinski definition) is 2. The van der Waals surface area contributed by atoms with Crippen molar-refractivity contribution < 1.29 is 9.50 Å². The lowest BCUT2D eigenvalue weighted by molar-refractivity contribution is 0.475. The Bertz CT molecular complexity index is 899. The zero-order chi connectivity index (χ0) is 16.2. The van der Waals surface area contributed by atoms with Crippen LogP contribution in [0.2, 0.25) is 0 Å². The summed E-state index contributed by atoms with van der Waals surface area (Å²) in [6.07, 6.45) is 1.86. The molecule has 5 nitrogen and oxygen atoms in total. The molecule has 0 saturated heterocycles. The number of benzene rings is 2. The maximum Gasteiger partial charge on any atom is 0.216 e. The van der Waals surface area contributed by atoms with Crippen molar-refractivity contribution in [3.05, 3.63) is 76.1 Å². The Morgan fingerprint density at radius 1 is 1.22 bits per heavy atom. The molecule has 1 heterocycles. The molecule has 0 spiro atoms. The average molecular weight is 328 g/mol. The average Bonchev–Trinajstić information content (AvgIpc) is 2.89. The number of H-pyrrole nitrogens is 1. The normalized spacial score (nSPS) is 11.2. The summed E-state index contributed by atoms with van der Waals surface area (Å²) in [6.45, 7) is 0. The fraction of sp³-hybridized carbons (Fsp3) is 0.0625. The third-order valence-electron chi connectivity index (χ3n) is 3.24. The van der Waals surface area contributed by atoms with Gasteiger partial charge in [0, 0.05) is 6.42 Å². The standard InChI is InChI=1S/C16H13FN4OS/c17-14-4-2-1-3-12(14)9-15-19-20-16(23)21(15)18-10-11-5-7-13(22)8-6-11/h1-8,10,22H,9H2,(H,20,23)/b18-10+. The quantitative estimate of drug-likeness (QED) is 0.571. The molecular formula is C16H13FN4OS. The highest BCUT2D eigenvalue weighted by molar-refractivity contribution is 7.71. The Morgan fingerprint density at radius 2 is 1.96 bits per heavy atom. The van der Waals surface area contributed by atoms with Crippen molar-refractivity contribution in [2.24, 2.45) is 5.10 Å². The number of aromatic nitrogens is 3. The first-order valence-electron chi connectivity index (χ1n) is 6.86. The van der Waals surface area contributed by atoms with Gasteiger partial charge in [0.25, 0.3) is 0 Å². The summed E-state index contributed by atoms with van der Waals surface area (Å²) in [5.41, 5.74) is 1.31. The number of phenols is 1. The maximum absolute atomic E-state index is 13.8. The van der Waals surface area contributed by atoms with Crippen LogP contribution < -0.4 is 0 Å². The van der Waals surface area contributed by atoms with Gasteiger partial charge < -0.3 is 5.11 Å². The first-order valence-corrected chi connectivity index (χ1v) is 7.27. The van der Waals surface area contributed by atoms with Crippen LogP contribution >= 0.6 is 12.2 Å². The summed E-state index contributed by atoms with van der Waals surface area (Å²) in [7, 11) is 0. The molecule has 1 aromatic heterocycles. The van der Waals surface area contributed by atoms with E-state index in [1.807, 2.05) is 0 Å². The van der Waals surface area contributed by atoms with Crippen molar-refractivity contribution in [1.82, 2.24) is 14.9 Å². The molecule has 0 aliphatic heterocycles. The summed E-state index contributed by atoms with van der Waals surface area (Å²) in [4.78, 5) is 0. The van der Waals surface area contributed by atoms with E-state index in [1.54, 1.807) is 48.7 Å². The van der Waals surface area contributed by atoms with Gasteiger partial charge in [0.1, 0.15) is 11.6 Å². The summed E-state index contributed by atoms with van der Waals surface area (Å²) >= 11 is 5.16. The maximum atomic E-state index is 13.8. The van der Waals surface area contributed by atoms with Gasteiger partial charge in [0.15, 0.2) is 5.82 Å². The molecule has 7 heteroatoms. The molecule has 0 fully saturated rings. The van der Waals surface area contributed by atoms with E-state index in [1.165, 1.54) is 10.7 Å². The number of halogens is 1. The number of rotatable bonds is 4. The van der Waals surface area contributed by atoms with Crippen molar-refractivity contribution in [3.8, 4) is 5.75 Å². The molecule has 0 amide bonds. The van der Waals surface area contributed by atoms with Crippen molar-refractivity contribution in [2.45, 2.75) is 6.42 Å². The van der Waals surface area contributed by atoms with E-state index < -0.39 is 0 Å².